The van der Waals surface area contributed by atoms with Crippen molar-refractivity contribution in [3.63, 3.8) is 0 Å². The number of hydrazone groups is 1. The SMILES string of the molecule is CCCOc1ccc(C(=O)N/N=C/c2ccc(OCc3ccc([N+](=O)[O-])cc3)c(OC)c2)cc1. The summed E-state index contributed by atoms with van der Waals surface area (Å²) < 4.78 is 16.7. The summed E-state index contributed by atoms with van der Waals surface area (Å²) in [5.74, 6) is 1.37. The van der Waals surface area contributed by atoms with E-state index in [4.69, 9.17) is 14.2 Å². The number of methoxy groups -OCH3 is 1. The van der Waals surface area contributed by atoms with Crippen LogP contribution >= 0.6 is 0 Å². The van der Waals surface area contributed by atoms with Crippen LogP contribution in [0, 0.1) is 10.1 Å². The van der Waals surface area contributed by atoms with E-state index in [1.807, 2.05) is 6.92 Å². The van der Waals surface area contributed by atoms with Gasteiger partial charge in [0.1, 0.15) is 12.4 Å². The highest BCUT2D eigenvalue weighted by molar-refractivity contribution is 5.95. The number of amides is 1. The molecule has 3 aromatic rings. The average molecular weight is 463 g/mol. The Morgan fingerprint density at radius 2 is 1.76 bits per heavy atom. The van der Waals surface area contributed by atoms with Crippen LogP contribution in [-0.2, 0) is 6.61 Å². The predicted molar refractivity (Wildman–Crippen MR) is 128 cm³/mol. The van der Waals surface area contributed by atoms with Gasteiger partial charge in [-0.2, -0.15) is 5.10 Å². The summed E-state index contributed by atoms with van der Waals surface area (Å²) >= 11 is 0. The van der Waals surface area contributed by atoms with Crippen molar-refractivity contribution in [2.45, 2.75) is 20.0 Å². The Balaban J connectivity index is 1.56. The number of carbonyl (C=O) groups is 1. The minimum atomic E-state index is -0.449. The van der Waals surface area contributed by atoms with Gasteiger partial charge in [-0.1, -0.05) is 6.92 Å². The standard InChI is InChI=1S/C25H25N3O6/c1-3-14-33-22-11-7-20(8-12-22)25(29)27-26-16-19-6-13-23(24(15-19)32-2)34-17-18-4-9-21(10-5-18)28(30)31/h4-13,15-16H,3,14,17H2,1-2H3,(H,27,29)/b26-16+. The van der Waals surface area contributed by atoms with Gasteiger partial charge in [-0.25, -0.2) is 5.43 Å². The van der Waals surface area contributed by atoms with Gasteiger partial charge in [0.05, 0.1) is 24.9 Å². The minimum absolute atomic E-state index is 0.0232. The van der Waals surface area contributed by atoms with Gasteiger partial charge in [-0.3, -0.25) is 14.9 Å². The van der Waals surface area contributed by atoms with E-state index in [0.717, 1.165) is 12.0 Å². The van der Waals surface area contributed by atoms with Gasteiger partial charge in [0, 0.05) is 17.7 Å². The molecule has 3 aromatic carbocycles. The largest absolute Gasteiger partial charge is 0.494 e. The monoisotopic (exact) mass is 463 g/mol. The fourth-order valence-electron chi connectivity index (χ4n) is 2.91. The van der Waals surface area contributed by atoms with E-state index in [9.17, 15) is 14.9 Å². The summed E-state index contributed by atoms with van der Waals surface area (Å²) in [6.45, 7) is 2.87. The lowest BCUT2D eigenvalue weighted by molar-refractivity contribution is -0.384. The van der Waals surface area contributed by atoms with Gasteiger partial charge >= 0.3 is 0 Å². The number of benzene rings is 3. The first-order valence-electron chi connectivity index (χ1n) is 10.6. The van der Waals surface area contributed by atoms with Crippen molar-refractivity contribution in [3.05, 3.63) is 93.5 Å². The lowest BCUT2D eigenvalue weighted by atomic mass is 10.2. The quantitative estimate of drug-likeness (QED) is 0.250. The molecule has 0 saturated carbocycles. The smallest absolute Gasteiger partial charge is 0.271 e. The first-order chi connectivity index (χ1) is 16.5. The summed E-state index contributed by atoms with van der Waals surface area (Å²) in [7, 11) is 1.52. The van der Waals surface area contributed by atoms with Crippen molar-refractivity contribution in [1.29, 1.82) is 0 Å². The molecule has 0 heterocycles. The maximum atomic E-state index is 12.3. The maximum absolute atomic E-state index is 12.3. The first kappa shape index (κ1) is 24.2. The molecule has 34 heavy (non-hydrogen) atoms. The lowest BCUT2D eigenvalue weighted by Crippen LogP contribution is -2.17. The highest BCUT2D eigenvalue weighted by atomic mass is 16.6. The molecular formula is C25H25N3O6. The van der Waals surface area contributed by atoms with Crippen LogP contribution in [0.4, 0.5) is 5.69 Å². The lowest BCUT2D eigenvalue weighted by Gasteiger charge is -2.11. The second kappa shape index (κ2) is 12.0. The van der Waals surface area contributed by atoms with Crippen molar-refractivity contribution in [1.82, 2.24) is 5.43 Å². The molecule has 9 nitrogen and oxygen atoms in total. The second-order valence-electron chi connectivity index (χ2n) is 7.19. The van der Waals surface area contributed by atoms with Crippen LogP contribution < -0.4 is 19.6 Å². The Morgan fingerprint density at radius 3 is 2.41 bits per heavy atom. The van der Waals surface area contributed by atoms with Crippen molar-refractivity contribution < 1.29 is 23.9 Å². The number of rotatable bonds is 11. The number of nitro benzene ring substituents is 1. The molecule has 0 aromatic heterocycles. The summed E-state index contributed by atoms with van der Waals surface area (Å²) in [6.07, 6.45) is 2.41. The third kappa shape index (κ3) is 6.80. The van der Waals surface area contributed by atoms with Gasteiger partial charge < -0.3 is 14.2 Å². The fraction of sp³-hybridized carbons (Fsp3) is 0.200. The van der Waals surface area contributed by atoms with Crippen LogP contribution in [0.5, 0.6) is 17.2 Å². The molecule has 0 aliphatic carbocycles. The molecule has 0 unspecified atom stereocenters. The first-order valence-corrected chi connectivity index (χ1v) is 10.6. The molecule has 0 spiro atoms. The zero-order valence-electron chi connectivity index (χ0n) is 18.9. The number of non-ortho nitro benzene ring substituents is 1. The van der Waals surface area contributed by atoms with Crippen LogP contribution in [0.3, 0.4) is 0 Å². The molecule has 0 radical (unpaired) electrons. The molecule has 9 heteroatoms. The highest BCUT2D eigenvalue weighted by Crippen LogP contribution is 2.28. The number of ether oxygens (including phenoxy) is 3. The molecular weight excluding hydrogens is 438 g/mol. The van der Waals surface area contributed by atoms with Crippen molar-refractivity contribution in [2.24, 2.45) is 5.10 Å². The van der Waals surface area contributed by atoms with Gasteiger partial charge in [0.15, 0.2) is 11.5 Å². The summed E-state index contributed by atoms with van der Waals surface area (Å²) in [6, 6.07) is 18.2. The van der Waals surface area contributed by atoms with Crippen LogP contribution in [-0.4, -0.2) is 30.8 Å². The topological polar surface area (TPSA) is 112 Å². The van der Waals surface area contributed by atoms with Crippen molar-refractivity contribution >= 4 is 17.8 Å². The fourth-order valence-corrected chi connectivity index (χ4v) is 2.91. The van der Waals surface area contributed by atoms with E-state index in [1.165, 1.54) is 25.5 Å². The molecule has 176 valence electrons. The number of hydrogen-bond acceptors (Lipinski definition) is 7. The average Bonchev–Trinajstić information content (AvgIpc) is 2.87. The van der Waals surface area contributed by atoms with Crippen LogP contribution in [0.15, 0.2) is 71.8 Å². The Morgan fingerprint density at radius 1 is 1.03 bits per heavy atom. The summed E-state index contributed by atoms with van der Waals surface area (Å²) in [4.78, 5) is 22.6. The second-order valence-corrected chi connectivity index (χ2v) is 7.19. The Labute approximate surface area is 197 Å². The van der Waals surface area contributed by atoms with E-state index in [0.29, 0.717) is 35.0 Å². The number of nitro groups is 1. The highest BCUT2D eigenvalue weighted by Gasteiger charge is 2.08. The van der Waals surface area contributed by atoms with Crippen molar-refractivity contribution in [2.75, 3.05) is 13.7 Å². The third-order valence-corrected chi connectivity index (χ3v) is 4.70. The normalized spacial score (nSPS) is 10.6. The van der Waals surface area contributed by atoms with E-state index < -0.39 is 4.92 Å². The van der Waals surface area contributed by atoms with Crippen LogP contribution in [0.2, 0.25) is 0 Å². The Kier molecular flexibility index (Phi) is 8.56. The molecule has 0 aliphatic rings. The van der Waals surface area contributed by atoms with E-state index in [2.05, 4.69) is 10.5 Å². The Hall–Kier alpha value is -4.40. The molecule has 1 amide bonds. The van der Waals surface area contributed by atoms with E-state index >= 15 is 0 Å². The van der Waals surface area contributed by atoms with E-state index in [-0.39, 0.29) is 18.2 Å². The Bertz CT molecular complexity index is 1140. The van der Waals surface area contributed by atoms with Gasteiger partial charge in [0.25, 0.3) is 11.6 Å². The molecule has 0 fully saturated rings. The third-order valence-electron chi connectivity index (χ3n) is 4.70. The molecule has 0 aliphatic heterocycles. The maximum Gasteiger partial charge on any atom is 0.271 e. The molecule has 3 rings (SSSR count). The molecule has 0 saturated heterocycles. The zero-order valence-corrected chi connectivity index (χ0v) is 18.9. The van der Waals surface area contributed by atoms with Crippen molar-refractivity contribution in [3.8, 4) is 17.2 Å². The number of carbonyl (C=O) groups excluding carboxylic acids is 1. The number of hydrogen-bond donors (Lipinski definition) is 1. The minimum Gasteiger partial charge on any atom is -0.494 e. The van der Waals surface area contributed by atoms with Crippen LogP contribution in [0.1, 0.15) is 34.8 Å². The van der Waals surface area contributed by atoms with Gasteiger partial charge in [-0.05, 0) is 72.1 Å². The number of nitrogens with one attached hydrogen (secondary N) is 1. The molecule has 1 N–H and O–H groups in total. The van der Waals surface area contributed by atoms with E-state index in [1.54, 1.807) is 54.6 Å². The molecule has 0 atom stereocenters. The number of nitrogens with zero attached hydrogens (tertiary/aromatic N) is 2. The van der Waals surface area contributed by atoms with Gasteiger partial charge in [-0.15, -0.1) is 0 Å². The zero-order chi connectivity index (χ0) is 24.3. The van der Waals surface area contributed by atoms with Crippen LogP contribution in [0.25, 0.3) is 0 Å². The molecule has 0 bridgehead atoms. The van der Waals surface area contributed by atoms with Gasteiger partial charge in [0.2, 0.25) is 0 Å². The predicted octanol–water partition coefficient (Wildman–Crippen LogP) is 4.74. The summed E-state index contributed by atoms with van der Waals surface area (Å²) in [5.41, 5.74) is 4.46. The summed E-state index contributed by atoms with van der Waals surface area (Å²) in [5, 5.41) is 14.8.